The molecule has 0 amide bonds. The maximum Gasteiger partial charge on any atom is 0.0573 e. The first-order valence-corrected chi connectivity index (χ1v) is 5.32. The van der Waals surface area contributed by atoms with Gasteiger partial charge in [-0.05, 0) is 37.9 Å². The van der Waals surface area contributed by atoms with Crippen LogP contribution in [0.5, 0.6) is 0 Å². The highest BCUT2D eigenvalue weighted by molar-refractivity contribution is 5.08. The van der Waals surface area contributed by atoms with Gasteiger partial charge in [-0.25, -0.2) is 0 Å². The van der Waals surface area contributed by atoms with Crippen LogP contribution >= 0.6 is 0 Å². The zero-order valence-electron chi connectivity index (χ0n) is 9.33. The predicted octanol–water partition coefficient (Wildman–Crippen LogP) is 2.78. The quantitative estimate of drug-likeness (QED) is 0.776. The average Bonchev–Trinajstić information content (AvgIpc) is 2.20. The zero-order valence-corrected chi connectivity index (χ0v) is 9.33. The Morgan fingerprint density at radius 3 is 2.57 bits per heavy atom. The van der Waals surface area contributed by atoms with Gasteiger partial charge in [0.2, 0.25) is 0 Å². The van der Waals surface area contributed by atoms with Crippen molar-refractivity contribution in [3.8, 4) is 0 Å². The van der Waals surface area contributed by atoms with E-state index in [1.165, 1.54) is 6.42 Å². The molecule has 1 atom stereocenters. The van der Waals surface area contributed by atoms with E-state index in [9.17, 15) is 0 Å². The van der Waals surface area contributed by atoms with E-state index in [4.69, 9.17) is 0 Å². The van der Waals surface area contributed by atoms with Crippen LogP contribution in [0, 0.1) is 5.92 Å². The number of nitrogens with one attached hydrogen (secondary N) is 1. The van der Waals surface area contributed by atoms with Crippen molar-refractivity contribution in [1.29, 1.82) is 0 Å². The minimum absolute atomic E-state index is 0.401. The van der Waals surface area contributed by atoms with E-state index in [1.54, 1.807) is 0 Å². The molecule has 1 unspecified atom stereocenters. The van der Waals surface area contributed by atoms with Crippen LogP contribution in [-0.4, -0.2) is 12.0 Å². The van der Waals surface area contributed by atoms with Gasteiger partial charge in [0.15, 0.2) is 0 Å². The van der Waals surface area contributed by atoms with Gasteiger partial charge in [0.05, 0.1) is 5.69 Å². The Balaban J connectivity index is 2.54. The lowest BCUT2D eigenvalue weighted by Crippen LogP contribution is -2.18. The van der Waals surface area contributed by atoms with Gasteiger partial charge in [-0.15, -0.1) is 0 Å². The summed E-state index contributed by atoms with van der Waals surface area (Å²) in [5.41, 5.74) is 1.15. The van der Waals surface area contributed by atoms with Crippen LogP contribution < -0.4 is 5.32 Å². The topological polar surface area (TPSA) is 24.9 Å². The maximum absolute atomic E-state index is 4.37. The summed E-state index contributed by atoms with van der Waals surface area (Å²) in [6.07, 6.45) is 4.25. The minimum atomic E-state index is 0.401. The highest BCUT2D eigenvalue weighted by Crippen LogP contribution is 2.18. The van der Waals surface area contributed by atoms with Crippen LogP contribution in [0.15, 0.2) is 24.4 Å². The lowest BCUT2D eigenvalue weighted by molar-refractivity contribution is 0.458. The summed E-state index contributed by atoms with van der Waals surface area (Å²) in [6.45, 7) is 4.51. The highest BCUT2D eigenvalue weighted by Gasteiger charge is 2.09. The third-order valence-corrected chi connectivity index (χ3v) is 2.43. The molecule has 0 aliphatic carbocycles. The Bertz CT molecular complexity index is 244. The van der Waals surface area contributed by atoms with Crippen molar-refractivity contribution in [2.75, 3.05) is 7.05 Å². The lowest BCUT2D eigenvalue weighted by Gasteiger charge is -2.16. The van der Waals surface area contributed by atoms with E-state index < -0.39 is 0 Å². The second-order valence-electron chi connectivity index (χ2n) is 4.07. The second kappa shape index (κ2) is 5.76. The Morgan fingerprint density at radius 1 is 1.29 bits per heavy atom. The van der Waals surface area contributed by atoms with Crippen molar-refractivity contribution in [3.05, 3.63) is 30.1 Å². The summed E-state index contributed by atoms with van der Waals surface area (Å²) >= 11 is 0. The van der Waals surface area contributed by atoms with Crippen LogP contribution in [0.1, 0.15) is 38.4 Å². The molecule has 1 aromatic heterocycles. The van der Waals surface area contributed by atoms with E-state index in [0.717, 1.165) is 18.0 Å². The molecular weight excluding hydrogens is 172 g/mol. The SMILES string of the molecule is CNC(CCC(C)C)c1ccccn1. The van der Waals surface area contributed by atoms with E-state index >= 15 is 0 Å². The summed E-state index contributed by atoms with van der Waals surface area (Å²) < 4.78 is 0. The van der Waals surface area contributed by atoms with Crippen molar-refractivity contribution in [2.45, 2.75) is 32.7 Å². The van der Waals surface area contributed by atoms with E-state index in [0.29, 0.717) is 6.04 Å². The van der Waals surface area contributed by atoms with Gasteiger partial charge >= 0.3 is 0 Å². The fourth-order valence-electron chi connectivity index (χ4n) is 1.52. The summed E-state index contributed by atoms with van der Waals surface area (Å²) in [4.78, 5) is 4.37. The molecule has 0 bridgehead atoms. The smallest absolute Gasteiger partial charge is 0.0573 e. The molecule has 0 aromatic carbocycles. The Hall–Kier alpha value is -0.890. The van der Waals surface area contributed by atoms with Crippen LogP contribution in [0.3, 0.4) is 0 Å². The predicted molar refractivity (Wildman–Crippen MR) is 60.1 cm³/mol. The fourth-order valence-corrected chi connectivity index (χ4v) is 1.52. The summed E-state index contributed by atoms with van der Waals surface area (Å²) in [6, 6.07) is 6.49. The number of aromatic nitrogens is 1. The molecule has 1 heterocycles. The van der Waals surface area contributed by atoms with Crippen molar-refractivity contribution >= 4 is 0 Å². The maximum atomic E-state index is 4.37. The molecule has 0 saturated heterocycles. The molecule has 0 aliphatic rings. The molecule has 1 rings (SSSR count). The van der Waals surface area contributed by atoms with E-state index in [1.807, 2.05) is 25.4 Å². The first-order chi connectivity index (χ1) is 6.74. The monoisotopic (exact) mass is 192 g/mol. The molecule has 78 valence electrons. The first kappa shape index (κ1) is 11.2. The van der Waals surface area contributed by atoms with Gasteiger partial charge in [0.1, 0.15) is 0 Å². The number of pyridine rings is 1. The third kappa shape index (κ3) is 3.46. The van der Waals surface area contributed by atoms with Gasteiger partial charge in [0, 0.05) is 12.2 Å². The van der Waals surface area contributed by atoms with Crippen molar-refractivity contribution in [2.24, 2.45) is 5.92 Å². The van der Waals surface area contributed by atoms with Crippen LogP contribution in [0.4, 0.5) is 0 Å². The Labute approximate surface area is 86.8 Å². The molecule has 2 heteroatoms. The molecule has 0 spiro atoms. The van der Waals surface area contributed by atoms with Gasteiger partial charge in [-0.2, -0.15) is 0 Å². The van der Waals surface area contributed by atoms with Gasteiger partial charge in [-0.3, -0.25) is 4.98 Å². The molecule has 0 fully saturated rings. The average molecular weight is 192 g/mol. The fraction of sp³-hybridized carbons (Fsp3) is 0.583. The summed E-state index contributed by atoms with van der Waals surface area (Å²) in [5, 5.41) is 3.31. The molecule has 1 N–H and O–H groups in total. The zero-order chi connectivity index (χ0) is 10.4. The number of hydrogen-bond acceptors (Lipinski definition) is 2. The van der Waals surface area contributed by atoms with Gasteiger partial charge < -0.3 is 5.32 Å². The normalized spacial score (nSPS) is 13.1. The van der Waals surface area contributed by atoms with Crippen molar-refractivity contribution in [3.63, 3.8) is 0 Å². The first-order valence-electron chi connectivity index (χ1n) is 5.32. The standard InChI is InChI=1S/C12H20N2/c1-10(2)7-8-11(13-3)12-6-4-5-9-14-12/h4-6,9-11,13H,7-8H2,1-3H3. The number of nitrogens with zero attached hydrogens (tertiary/aromatic N) is 1. The largest absolute Gasteiger partial charge is 0.312 e. The molecule has 1 aromatic rings. The molecular formula is C12H20N2. The third-order valence-electron chi connectivity index (χ3n) is 2.43. The number of hydrogen-bond donors (Lipinski definition) is 1. The van der Waals surface area contributed by atoms with Gasteiger partial charge in [0.25, 0.3) is 0 Å². The molecule has 0 radical (unpaired) electrons. The van der Waals surface area contributed by atoms with E-state index in [-0.39, 0.29) is 0 Å². The Morgan fingerprint density at radius 2 is 2.07 bits per heavy atom. The highest BCUT2D eigenvalue weighted by atomic mass is 14.9. The lowest BCUT2D eigenvalue weighted by atomic mass is 10.0. The van der Waals surface area contributed by atoms with Crippen LogP contribution in [-0.2, 0) is 0 Å². The van der Waals surface area contributed by atoms with Crippen molar-refractivity contribution in [1.82, 2.24) is 10.3 Å². The van der Waals surface area contributed by atoms with Crippen molar-refractivity contribution < 1.29 is 0 Å². The molecule has 2 nitrogen and oxygen atoms in total. The molecule has 14 heavy (non-hydrogen) atoms. The van der Waals surface area contributed by atoms with Crippen LogP contribution in [0.2, 0.25) is 0 Å². The second-order valence-corrected chi connectivity index (χ2v) is 4.07. The molecule has 0 aliphatic heterocycles. The molecule has 0 saturated carbocycles. The number of rotatable bonds is 5. The summed E-state index contributed by atoms with van der Waals surface area (Å²) in [7, 11) is 2.00. The van der Waals surface area contributed by atoms with Gasteiger partial charge in [-0.1, -0.05) is 19.9 Å². The summed E-state index contributed by atoms with van der Waals surface area (Å²) in [5.74, 6) is 0.759. The van der Waals surface area contributed by atoms with E-state index in [2.05, 4.69) is 30.2 Å². The minimum Gasteiger partial charge on any atom is -0.312 e. The Kier molecular flexibility index (Phi) is 4.60. The van der Waals surface area contributed by atoms with Crippen LogP contribution in [0.25, 0.3) is 0 Å².